The lowest BCUT2D eigenvalue weighted by Gasteiger charge is -2.25. The van der Waals surface area contributed by atoms with Gasteiger partial charge in [0.15, 0.2) is 11.5 Å². The first-order valence-corrected chi connectivity index (χ1v) is 11.3. The summed E-state index contributed by atoms with van der Waals surface area (Å²) in [6.07, 6.45) is 0.916. The van der Waals surface area contributed by atoms with Crippen LogP contribution in [0.2, 0.25) is 0 Å². The summed E-state index contributed by atoms with van der Waals surface area (Å²) in [7, 11) is 1.57. The van der Waals surface area contributed by atoms with E-state index in [2.05, 4.69) is 19.1 Å². The highest BCUT2D eigenvalue weighted by Crippen LogP contribution is 2.55. The van der Waals surface area contributed by atoms with E-state index >= 15 is 0 Å². The molecule has 3 atom stereocenters. The molecule has 1 heterocycles. The molecule has 0 bridgehead atoms. The molecule has 33 heavy (non-hydrogen) atoms. The van der Waals surface area contributed by atoms with E-state index in [0.717, 1.165) is 40.2 Å². The second kappa shape index (κ2) is 8.87. The molecule has 2 N–H and O–H groups in total. The van der Waals surface area contributed by atoms with Gasteiger partial charge in [-0.3, -0.25) is 0 Å². The van der Waals surface area contributed by atoms with Gasteiger partial charge in [0.2, 0.25) is 6.79 Å². The van der Waals surface area contributed by atoms with Gasteiger partial charge in [-0.2, -0.15) is 0 Å². The number of aliphatic hydroxyl groups excluding tert-OH is 1. The first-order valence-electron chi connectivity index (χ1n) is 11.3. The second-order valence-corrected chi connectivity index (χ2v) is 8.48. The van der Waals surface area contributed by atoms with Gasteiger partial charge in [-0.1, -0.05) is 25.1 Å². The monoisotopic (exact) mass is 448 g/mol. The molecule has 0 saturated carbocycles. The summed E-state index contributed by atoms with van der Waals surface area (Å²) >= 11 is 0. The number of rotatable bonds is 7. The lowest BCUT2D eigenvalue weighted by molar-refractivity contribution is 0.174. The van der Waals surface area contributed by atoms with Gasteiger partial charge in [0.05, 0.1) is 13.7 Å². The predicted molar refractivity (Wildman–Crippen MR) is 124 cm³/mol. The van der Waals surface area contributed by atoms with Crippen LogP contribution in [0.5, 0.6) is 28.7 Å². The van der Waals surface area contributed by atoms with Gasteiger partial charge >= 0.3 is 0 Å². The minimum atomic E-state index is -0.212. The Bertz CT molecular complexity index is 1160. The zero-order chi connectivity index (χ0) is 22.9. The number of phenols is 1. The van der Waals surface area contributed by atoms with Crippen LogP contribution in [0.25, 0.3) is 0 Å². The lowest BCUT2D eigenvalue weighted by Crippen LogP contribution is -2.19. The summed E-state index contributed by atoms with van der Waals surface area (Å²) in [6, 6.07) is 17.4. The van der Waals surface area contributed by atoms with Crippen molar-refractivity contribution < 1.29 is 29.2 Å². The standard InChI is InChI=1S/C27H28O6/c1-3-10-31-18-6-7-19-21(12-18)27(20-8-5-17(30-2)13-23(20)29)22(14-28)26(19)16-4-9-24-25(11-16)33-15-32-24/h4-9,11-13,22,26-29H,3,10,14-15H2,1-2H3. The van der Waals surface area contributed by atoms with E-state index in [4.69, 9.17) is 18.9 Å². The number of aromatic hydroxyl groups is 1. The van der Waals surface area contributed by atoms with Crippen LogP contribution in [-0.2, 0) is 0 Å². The molecule has 6 heteroatoms. The van der Waals surface area contributed by atoms with Gasteiger partial charge in [0.1, 0.15) is 17.2 Å². The van der Waals surface area contributed by atoms with Crippen molar-refractivity contribution in [1.82, 2.24) is 0 Å². The number of aliphatic hydroxyl groups is 1. The Labute approximate surface area is 193 Å². The van der Waals surface area contributed by atoms with Crippen molar-refractivity contribution in [2.45, 2.75) is 25.2 Å². The van der Waals surface area contributed by atoms with Crippen LogP contribution in [-0.4, -0.2) is 37.3 Å². The van der Waals surface area contributed by atoms with Gasteiger partial charge in [-0.05, 0) is 53.4 Å². The van der Waals surface area contributed by atoms with Crippen LogP contribution < -0.4 is 18.9 Å². The Morgan fingerprint density at radius 3 is 2.42 bits per heavy atom. The largest absolute Gasteiger partial charge is 0.508 e. The van der Waals surface area contributed by atoms with Crippen molar-refractivity contribution >= 4 is 0 Å². The third kappa shape index (κ3) is 3.74. The zero-order valence-electron chi connectivity index (χ0n) is 18.8. The zero-order valence-corrected chi connectivity index (χ0v) is 18.8. The van der Waals surface area contributed by atoms with Gasteiger partial charge in [0.25, 0.3) is 0 Å². The first kappa shape index (κ1) is 21.5. The average molecular weight is 449 g/mol. The topological polar surface area (TPSA) is 77.4 Å². The molecular weight excluding hydrogens is 420 g/mol. The van der Waals surface area contributed by atoms with Gasteiger partial charge < -0.3 is 29.2 Å². The highest BCUT2D eigenvalue weighted by molar-refractivity contribution is 5.58. The molecule has 0 saturated heterocycles. The number of fused-ring (bicyclic) bond motifs is 2. The Hall–Kier alpha value is -3.38. The molecular formula is C27H28O6. The van der Waals surface area contributed by atoms with Gasteiger partial charge in [-0.25, -0.2) is 0 Å². The van der Waals surface area contributed by atoms with E-state index in [0.29, 0.717) is 18.1 Å². The Morgan fingerprint density at radius 2 is 1.67 bits per heavy atom. The molecule has 1 aliphatic carbocycles. The van der Waals surface area contributed by atoms with Crippen LogP contribution >= 0.6 is 0 Å². The summed E-state index contributed by atoms with van der Waals surface area (Å²) in [5.74, 6) is 2.49. The van der Waals surface area contributed by atoms with Crippen LogP contribution in [0.1, 0.15) is 47.4 Å². The SMILES string of the molecule is CCCOc1ccc2c(c1)C(c1ccc(OC)cc1O)C(CO)C2c1ccc2c(c1)OCO2. The Morgan fingerprint density at radius 1 is 0.879 bits per heavy atom. The number of benzene rings is 3. The fraction of sp³-hybridized carbons (Fsp3) is 0.333. The molecule has 0 radical (unpaired) electrons. The third-order valence-corrected chi connectivity index (χ3v) is 6.60. The smallest absolute Gasteiger partial charge is 0.231 e. The van der Waals surface area contributed by atoms with Gasteiger partial charge in [0, 0.05) is 36.0 Å². The average Bonchev–Trinajstić information content (AvgIpc) is 3.43. The third-order valence-electron chi connectivity index (χ3n) is 6.60. The maximum absolute atomic E-state index is 10.9. The summed E-state index contributed by atoms with van der Waals surface area (Å²) in [5, 5.41) is 21.5. The van der Waals surface area contributed by atoms with Crippen molar-refractivity contribution in [3.63, 3.8) is 0 Å². The fourth-order valence-electron chi connectivity index (χ4n) is 5.12. The van der Waals surface area contributed by atoms with Crippen LogP contribution in [0.15, 0.2) is 54.6 Å². The molecule has 5 rings (SSSR count). The minimum absolute atomic E-state index is 0.0466. The maximum atomic E-state index is 10.9. The van der Waals surface area contributed by atoms with Crippen molar-refractivity contribution in [3.05, 3.63) is 76.9 Å². The summed E-state index contributed by atoms with van der Waals surface area (Å²) in [4.78, 5) is 0. The molecule has 3 aromatic carbocycles. The number of hydrogen-bond donors (Lipinski definition) is 2. The first-order chi connectivity index (χ1) is 16.1. The lowest BCUT2D eigenvalue weighted by atomic mass is 9.80. The molecule has 2 aliphatic rings. The number of hydrogen-bond acceptors (Lipinski definition) is 6. The second-order valence-electron chi connectivity index (χ2n) is 8.48. The highest BCUT2D eigenvalue weighted by Gasteiger charge is 2.43. The van der Waals surface area contributed by atoms with E-state index in [1.54, 1.807) is 13.2 Å². The van der Waals surface area contributed by atoms with Crippen molar-refractivity contribution in [3.8, 4) is 28.7 Å². The molecule has 6 nitrogen and oxygen atoms in total. The van der Waals surface area contributed by atoms with E-state index in [1.807, 2.05) is 36.4 Å². The van der Waals surface area contributed by atoms with Crippen molar-refractivity contribution in [2.24, 2.45) is 5.92 Å². The van der Waals surface area contributed by atoms with Gasteiger partial charge in [-0.15, -0.1) is 0 Å². The van der Waals surface area contributed by atoms with Crippen molar-refractivity contribution in [2.75, 3.05) is 27.1 Å². The number of methoxy groups -OCH3 is 1. The molecule has 0 aromatic heterocycles. The maximum Gasteiger partial charge on any atom is 0.231 e. The fourth-order valence-corrected chi connectivity index (χ4v) is 5.12. The van der Waals surface area contributed by atoms with Crippen LogP contribution in [0.3, 0.4) is 0 Å². The number of phenolic OH excluding ortho intramolecular Hbond substituents is 1. The van der Waals surface area contributed by atoms with E-state index in [1.165, 1.54) is 0 Å². The minimum Gasteiger partial charge on any atom is -0.508 e. The molecule has 172 valence electrons. The molecule has 3 unspecified atom stereocenters. The summed E-state index contributed by atoms with van der Waals surface area (Å²) in [5.41, 5.74) is 3.95. The molecule has 0 spiro atoms. The Kier molecular flexibility index (Phi) is 5.77. The molecule has 3 aromatic rings. The highest BCUT2D eigenvalue weighted by atomic mass is 16.7. The predicted octanol–water partition coefficient (Wildman–Crippen LogP) is 4.80. The molecule has 1 aliphatic heterocycles. The van der Waals surface area contributed by atoms with E-state index in [-0.39, 0.29) is 36.9 Å². The number of ether oxygens (including phenoxy) is 4. The summed E-state index contributed by atoms with van der Waals surface area (Å²) in [6.45, 7) is 2.87. The van der Waals surface area contributed by atoms with E-state index in [9.17, 15) is 10.2 Å². The quantitative estimate of drug-likeness (QED) is 0.541. The molecule has 0 fully saturated rings. The molecule has 0 amide bonds. The van der Waals surface area contributed by atoms with E-state index < -0.39 is 0 Å². The van der Waals surface area contributed by atoms with Crippen LogP contribution in [0, 0.1) is 5.92 Å². The summed E-state index contributed by atoms with van der Waals surface area (Å²) < 4.78 is 22.3. The van der Waals surface area contributed by atoms with Crippen molar-refractivity contribution in [1.29, 1.82) is 0 Å². The Balaban J connectivity index is 1.65. The normalized spacial score (nSPS) is 20.5. The van der Waals surface area contributed by atoms with Crippen LogP contribution in [0.4, 0.5) is 0 Å².